The Bertz CT molecular complexity index is 89.6. The minimum absolute atomic E-state index is 0.409. The van der Waals surface area contributed by atoms with E-state index < -0.39 is 5.66 Å². The molecule has 68 valence electrons. The van der Waals surface area contributed by atoms with Crippen molar-refractivity contribution in [2.75, 3.05) is 0 Å². The summed E-state index contributed by atoms with van der Waals surface area (Å²) in [5, 5.41) is 0. The molecule has 0 rings (SSSR count). The van der Waals surface area contributed by atoms with Gasteiger partial charge in [-0.1, -0.05) is 39.5 Å². The molecule has 0 radical (unpaired) electrons. The molecule has 4 N–H and O–H groups in total. The summed E-state index contributed by atoms with van der Waals surface area (Å²) in [7, 11) is 0. The molecule has 0 aliphatic rings. The molecule has 0 aliphatic carbocycles. The van der Waals surface area contributed by atoms with Crippen LogP contribution < -0.4 is 11.5 Å². The van der Waals surface area contributed by atoms with Gasteiger partial charge in [0.2, 0.25) is 0 Å². The van der Waals surface area contributed by atoms with Crippen LogP contribution in [-0.4, -0.2) is 5.66 Å². The first kappa shape index (κ1) is 10.9. The van der Waals surface area contributed by atoms with Crippen molar-refractivity contribution in [3.63, 3.8) is 0 Å². The maximum atomic E-state index is 5.78. The van der Waals surface area contributed by atoms with E-state index in [-0.39, 0.29) is 0 Å². The Labute approximate surface area is 70.3 Å². The standard InChI is InChI=1S/C9H22N2/c1-3-5-6-7-8-9(10,11)4-2/h3-8,10-11H2,1-2H3. The topological polar surface area (TPSA) is 52.0 Å². The number of unbranched alkanes of at least 4 members (excludes halogenated alkanes) is 3. The van der Waals surface area contributed by atoms with E-state index in [9.17, 15) is 0 Å². The third-order valence-corrected chi connectivity index (χ3v) is 2.15. The second kappa shape index (κ2) is 5.56. The second-order valence-corrected chi connectivity index (χ2v) is 3.40. The predicted octanol–water partition coefficient (Wildman–Crippen LogP) is 1.98. The number of hydrogen-bond acceptors (Lipinski definition) is 2. The molecule has 0 amide bonds. The van der Waals surface area contributed by atoms with Gasteiger partial charge in [-0.25, -0.2) is 0 Å². The highest BCUT2D eigenvalue weighted by Crippen LogP contribution is 2.10. The summed E-state index contributed by atoms with van der Waals surface area (Å²) >= 11 is 0. The minimum Gasteiger partial charge on any atom is -0.314 e. The lowest BCUT2D eigenvalue weighted by molar-refractivity contribution is 0.375. The zero-order valence-corrected chi connectivity index (χ0v) is 7.90. The van der Waals surface area contributed by atoms with Gasteiger partial charge in [0.1, 0.15) is 0 Å². The van der Waals surface area contributed by atoms with E-state index in [0.29, 0.717) is 0 Å². The Kier molecular flexibility index (Phi) is 5.51. The van der Waals surface area contributed by atoms with Crippen molar-refractivity contribution in [1.82, 2.24) is 0 Å². The Morgan fingerprint density at radius 3 is 2.09 bits per heavy atom. The number of nitrogens with two attached hydrogens (primary N) is 2. The summed E-state index contributed by atoms with van der Waals surface area (Å²) in [6.45, 7) is 4.25. The molecule has 0 unspecified atom stereocenters. The van der Waals surface area contributed by atoms with E-state index >= 15 is 0 Å². The van der Waals surface area contributed by atoms with Gasteiger partial charge < -0.3 is 11.5 Å². The zero-order valence-electron chi connectivity index (χ0n) is 7.90. The molecule has 0 aromatic rings. The Balaban J connectivity index is 3.23. The fourth-order valence-corrected chi connectivity index (χ4v) is 1.06. The van der Waals surface area contributed by atoms with Gasteiger partial charge in [-0.15, -0.1) is 0 Å². The average Bonchev–Trinajstić information content (AvgIpc) is 1.99. The number of rotatable bonds is 6. The minimum atomic E-state index is -0.409. The Morgan fingerprint density at radius 2 is 1.64 bits per heavy atom. The molecule has 2 heteroatoms. The Morgan fingerprint density at radius 1 is 1.00 bits per heavy atom. The van der Waals surface area contributed by atoms with Crippen LogP contribution in [0.5, 0.6) is 0 Å². The largest absolute Gasteiger partial charge is 0.314 e. The van der Waals surface area contributed by atoms with E-state index in [1.807, 2.05) is 6.92 Å². The molecular weight excluding hydrogens is 136 g/mol. The molecule has 0 bridgehead atoms. The van der Waals surface area contributed by atoms with Crippen LogP contribution in [0.1, 0.15) is 52.4 Å². The lowest BCUT2D eigenvalue weighted by atomic mass is 10.0. The monoisotopic (exact) mass is 158 g/mol. The zero-order chi connectivity index (χ0) is 8.74. The van der Waals surface area contributed by atoms with Crippen molar-refractivity contribution in [2.24, 2.45) is 11.5 Å². The highest BCUT2D eigenvalue weighted by molar-refractivity contribution is 4.73. The van der Waals surface area contributed by atoms with Crippen LogP contribution in [0.4, 0.5) is 0 Å². The van der Waals surface area contributed by atoms with Gasteiger partial charge in [-0.05, 0) is 12.8 Å². The number of hydrogen-bond donors (Lipinski definition) is 2. The van der Waals surface area contributed by atoms with Crippen molar-refractivity contribution >= 4 is 0 Å². The van der Waals surface area contributed by atoms with Gasteiger partial charge in [0.05, 0.1) is 5.66 Å². The van der Waals surface area contributed by atoms with Crippen LogP contribution in [0.25, 0.3) is 0 Å². The molecule has 0 aromatic carbocycles. The van der Waals surface area contributed by atoms with Gasteiger partial charge in [0.25, 0.3) is 0 Å². The van der Waals surface area contributed by atoms with Gasteiger partial charge in [0, 0.05) is 0 Å². The lowest BCUT2D eigenvalue weighted by Crippen LogP contribution is -2.48. The van der Waals surface area contributed by atoms with E-state index in [2.05, 4.69) is 6.92 Å². The summed E-state index contributed by atoms with van der Waals surface area (Å²) in [6, 6.07) is 0. The molecule has 2 nitrogen and oxygen atoms in total. The smallest absolute Gasteiger partial charge is 0.0633 e. The van der Waals surface area contributed by atoms with Crippen LogP contribution in [0.3, 0.4) is 0 Å². The molecule has 0 spiro atoms. The van der Waals surface area contributed by atoms with Crippen LogP contribution >= 0.6 is 0 Å². The maximum Gasteiger partial charge on any atom is 0.0633 e. The lowest BCUT2D eigenvalue weighted by Gasteiger charge is -2.22. The summed E-state index contributed by atoms with van der Waals surface area (Å²) in [6.07, 6.45) is 6.86. The van der Waals surface area contributed by atoms with Crippen LogP contribution in [-0.2, 0) is 0 Å². The molecule has 0 fully saturated rings. The molecule has 11 heavy (non-hydrogen) atoms. The third-order valence-electron chi connectivity index (χ3n) is 2.15. The molecule has 0 heterocycles. The van der Waals surface area contributed by atoms with Gasteiger partial charge in [-0.2, -0.15) is 0 Å². The van der Waals surface area contributed by atoms with Gasteiger partial charge in [0.15, 0.2) is 0 Å². The summed E-state index contributed by atoms with van der Waals surface area (Å²) in [4.78, 5) is 0. The highest BCUT2D eigenvalue weighted by Gasteiger charge is 2.14. The van der Waals surface area contributed by atoms with E-state index in [0.717, 1.165) is 12.8 Å². The van der Waals surface area contributed by atoms with Crippen LogP contribution in [0.15, 0.2) is 0 Å². The molecule has 0 aliphatic heterocycles. The van der Waals surface area contributed by atoms with E-state index in [1.54, 1.807) is 0 Å². The summed E-state index contributed by atoms with van der Waals surface area (Å²) in [5.74, 6) is 0. The molecular formula is C9H22N2. The van der Waals surface area contributed by atoms with Gasteiger partial charge >= 0.3 is 0 Å². The fraction of sp³-hybridized carbons (Fsp3) is 1.00. The predicted molar refractivity (Wildman–Crippen MR) is 50.2 cm³/mol. The van der Waals surface area contributed by atoms with Crippen LogP contribution in [0.2, 0.25) is 0 Å². The molecule has 0 aromatic heterocycles. The normalized spacial score (nSPS) is 12.0. The summed E-state index contributed by atoms with van der Waals surface area (Å²) in [5.41, 5.74) is 11.1. The maximum absolute atomic E-state index is 5.78. The van der Waals surface area contributed by atoms with Crippen molar-refractivity contribution in [1.29, 1.82) is 0 Å². The molecule has 0 atom stereocenters. The quantitative estimate of drug-likeness (QED) is 0.459. The van der Waals surface area contributed by atoms with Gasteiger partial charge in [-0.3, -0.25) is 0 Å². The SMILES string of the molecule is CCCCCCC(N)(N)CC. The Hall–Kier alpha value is -0.0800. The molecule has 0 saturated carbocycles. The highest BCUT2D eigenvalue weighted by atomic mass is 14.9. The second-order valence-electron chi connectivity index (χ2n) is 3.40. The van der Waals surface area contributed by atoms with Crippen molar-refractivity contribution in [3.8, 4) is 0 Å². The van der Waals surface area contributed by atoms with E-state index in [1.165, 1.54) is 25.7 Å². The third kappa shape index (κ3) is 6.32. The van der Waals surface area contributed by atoms with Crippen LogP contribution in [0, 0.1) is 0 Å². The first-order valence-electron chi connectivity index (χ1n) is 4.70. The first-order chi connectivity index (χ1) is 5.12. The van der Waals surface area contributed by atoms with Crippen molar-refractivity contribution in [2.45, 2.75) is 58.0 Å². The first-order valence-corrected chi connectivity index (χ1v) is 4.70. The average molecular weight is 158 g/mol. The van der Waals surface area contributed by atoms with Crippen molar-refractivity contribution < 1.29 is 0 Å². The summed E-state index contributed by atoms with van der Waals surface area (Å²) < 4.78 is 0. The van der Waals surface area contributed by atoms with E-state index in [4.69, 9.17) is 11.5 Å². The van der Waals surface area contributed by atoms with Crippen molar-refractivity contribution in [3.05, 3.63) is 0 Å². The molecule has 0 saturated heterocycles. The fourth-order valence-electron chi connectivity index (χ4n) is 1.06.